The second-order valence-corrected chi connectivity index (χ2v) is 6.49. The summed E-state index contributed by atoms with van der Waals surface area (Å²) in [6.07, 6.45) is 8.33. The van der Waals surface area contributed by atoms with E-state index in [1.807, 2.05) is 0 Å². The summed E-state index contributed by atoms with van der Waals surface area (Å²) in [6, 6.07) is 0.733. The molecule has 0 amide bonds. The van der Waals surface area contributed by atoms with E-state index in [1.165, 1.54) is 38.5 Å². The molecule has 0 radical (unpaired) electrons. The third-order valence-electron chi connectivity index (χ3n) is 3.92. The Morgan fingerprint density at radius 1 is 1.25 bits per heavy atom. The van der Waals surface area contributed by atoms with Gasteiger partial charge in [0.1, 0.15) is 0 Å². The third kappa shape index (κ3) is 1.91. The van der Waals surface area contributed by atoms with Gasteiger partial charge in [0.25, 0.3) is 0 Å². The quantitative estimate of drug-likeness (QED) is 0.822. The molecule has 1 aromatic rings. The SMILES string of the molecule is S=c1[nH]nc(N2CCCC2C2CCCC2)s1. The molecule has 1 N–H and O–H groups in total. The molecule has 88 valence electrons. The minimum atomic E-state index is 0.733. The van der Waals surface area contributed by atoms with Crippen molar-refractivity contribution in [2.45, 2.75) is 44.6 Å². The Kier molecular flexibility index (Phi) is 2.98. The van der Waals surface area contributed by atoms with E-state index in [4.69, 9.17) is 12.2 Å². The lowest BCUT2D eigenvalue weighted by Crippen LogP contribution is -2.34. The van der Waals surface area contributed by atoms with Crippen molar-refractivity contribution in [1.29, 1.82) is 0 Å². The second-order valence-electron chi connectivity index (χ2n) is 4.84. The van der Waals surface area contributed by atoms with Crippen LogP contribution in [-0.4, -0.2) is 22.8 Å². The molecule has 1 saturated carbocycles. The summed E-state index contributed by atoms with van der Waals surface area (Å²) in [6.45, 7) is 1.16. The van der Waals surface area contributed by atoms with E-state index in [0.717, 1.165) is 27.6 Å². The topological polar surface area (TPSA) is 31.9 Å². The summed E-state index contributed by atoms with van der Waals surface area (Å²) in [7, 11) is 0. The Hall–Kier alpha value is -0.420. The van der Waals surface area contributed by atoms with Crippen molar-refractivity contribution in [2.75, 3.05) is 11.4 Å². The van der Waals surface area contributed by atoms with Gasteiger partial charge in [0.2, 0.25) is 5.13 Å². The molecule has 16 heavy (non-hydrogen) atoms. The zero-order valence-electron chi connectivity index (χ0n) is 9.32. The van der Waals surface area contributed by atoms with E-state index in [-0.39, 0.29) is 0 Å². The predicted molar refractivity (Wildman–Crippen MR) is 69.6 cm³/mol. The minimum Gasteiger partial charge on any atom is -0.343 e. The first-order valence-electron chi connectivity index (χ1n) is 6.17. The lowest BCUT2D eigenvalue weighted by atomic mass is 9.96. The fourth-order valence-electron chi connectivity index (χ4n) is 3.21. The second kappa shape index (κ2) is 4.45. The highest BCUT2D eigenvalue weighted by Gasteiger charge is 2.34. The van der Waals surface area contributed by atoms with Crippen LogP contribution in [-0.2, 0) is 0 Å². The Morgan fingerprint density at radius 3 is 2.75 bits per heavy atom. The number of aromatic nitrogens is 2. The fraction of sp³-hybridized carbons (Fsp3) is 0.818. The van der Waals surface area contributed by atoms with Crippen molar-refractivity contribution in [3.63, 3.8) is 0 Å². The summed E-state index contributed by atoms with van der Waals surface area (Å²) < 4.78 is 0.798. The zero-order chi connectivity index (χ0) is 11.0. The zero-order valence-corrected chi connectivity index (χ0v) is 10.9. The average molecular weight is 255 g/mol. The van der Waals surface area contributed by atoms with Gasteiger partial charge in [-0.15, -0.1) is 5.10 Å². The number of aromatic amines is 1. The number of hydrogen-bond donors (Lipinski definition) is 1. The van der Waals surface area contributed by atoms with Crippen molar-refractivity contribution in [3.05, 3.63) is 3.95 Å². The smallest absolute Gasteiger partial charge is 0.207 e. The van der Waals surface area contributed by atoms with Gasteiger partial charge in [-0.1, -0.05) is 24.2 Å². The fourth-order valence-corrected chi connectivity index (χ4v) is 4.17. The lowest BCUT2D eigenvalue weighted by Gasteiger charge is -2.28. The highest BCUT2D eigenvalue weighted by molar-refractivity contribution is 7.73. The summed E-state index contributed by atoms with van der Waals surface area (Å²) in [5.74, 6) is 0.903. The van der Waals surface area contributed by atoms with E-state index in [9.17, 15) is 0 Å². The molecule has 2 fully saturated rings. The van der Waals surface area contributed by atoms with Crippen molar-refractivity contribution >= 4 is 28.7 Å². The van der Waals surface area contributed by atoms with Crippen molar-refractivity contribution in [2.24, 2.45) is 5.92 Å². The summed E-state index contributed by atoms with van der Waals surface area (Å²) in [4.78, 5) is 2.49. The first kappa shape index (κ1) is 10.7. The van der Waals surface area contributed by atoms with Crippen LogP contribution in [0.5, 0.6) is 0 Å². The Balaban J connectivity index is 1.80. The van der Waals surface area contributed by atoms with Gasteiger partial charge >= 0.3 is 0 Å². The largest absolute Gasteiger partial charge is 0.343 e. The Morgan fingerprint density at radius 2 is 2.06 bits per heavy atom. The van der Waals surface area contributed by atoms with Crippen LogP contribution in [0, 0.1) is 9.87 Å². The molecule has 3 rings (SSSR count). The molecular formula is C11H17N3S2. The number of H-pyrrole nitrogens is 1. The summed E-state index contributed by atoms with van der Waals surface area (Å²) >= 11 is 6.74. The Bertz CT molecular complexity index is 405. The van der Waals surface area contributed by atoms with Gasteiger partial charge in [-0.3, -0.25) is 5.10 Å². The first-order valence-corrected chi connectivity index (χ1v) is 7.39. The maximum absolute atomic E-state index is 5.12. The molecule has 1 unspecified atom stereocenters. The van der Waals surface area contributed by atoms with Crippen LogP contribution >= 0.6 is 23.6 Å². The summed E-state index contributed by atoms with van der Waals surface area (Å²) in [5, 5.41) is 8.34. The number of nitrogens with one attached hydrogen (secondary N) is 1. The third-order valence-corrected chi connectivity index (χ3v) is 5.04. The van der Waals surface area contributed by atoms with Gasteiger partial charge in [-0.2, -0.15) is 0 Å². The van der Waals surface area contributed by atoms with Crippen LogP contribution in [0.1, 0.15) is 38.5 Å². The number of rotatable bonds is 2. The van der Waals surface area contributed by atoms with Crippen molar-refractivity contribution in [3.8, 4) is 0 Å². The summed E-state index contributed by atoms with van der Waals surface area (Å²) in [5.41, 5.74) is 0. The van der Waals surface area contributed by atoms with Crippen LogP contribution in [0.15, 0.2) is 0 Å². The van der Waals surface area contributed by atoms with E-state index in [2.05, 4.69) is 15.1 Å². The average Bonchev–Trinajstić information content (AvgIpc) is 2.96. The maximum Gasteiger partial charge on any atom is 0.207 e. The van der Waals surface area contributed by atoms with E-state index >= 15 is 0 Å². The molecule has 0 bridgehead atoms. The molecule has 0 aromatic carbocycles. The predicted octanol–water partition coefficient (Wildman–Crippen LogP) is 3.36. The first-order chi connectivity index (χ1) is 7.84. The molecular weight excluding hydrogens is 238 g/mol. The molecule has 5 heteroatoms. The van der Waals surface area contributed by atoms with Gasteiger partial charge in [0.05, 0.1) is 0 Å². The molecule has 0 spiro atoms. The normalized spacial score (nSPS) is 26.8. The highest BCUT2D eigenvalue weighted by atomic mass is 32.1. The lowest BCUT2D eigenvalue weighted by molar-refractivity contribution is 0.430. The molecule has 1 aliphatic carbocycles. The Labute approximate surface area is 105 Å². The molecule has 2 heterocycles. The van der Waals surface area contributed by atoms with Crippen molar-refractivity contribution in [1.82, 2.24) is 10.2 Å². The standard InChI is InChI=1S/C11H17N3S2/c15-11-13-12-10(16-11)14-7-3-6-9(14)8-4-1-2-5-8/h8-9H,1-7H2,(H,13,15). The molecule has 1 atom stereocenters. The van der Waals surface area contributed by atoms with Crippen LogP contribution in [0.4, 0.5) is 5.13 Å². The van der Waals surface area contributed by atoms with Gasteiger partial charge in [0.15, 0.2) is 3.95 Å². The van der Waals surface area contributed by atoms with Crippen LogP contribution in [0.3, 0.4) is 0 Å². The van der Waals surface area contributed by atoms with E-state index in [1.54, 1.807) is 11.3 Å². The molecule has 1 aliphatic heterocycles. The molecule has 1 saturated heterocycles. The number of anilines is 1. The number of hydrogen-bond acceptors (Lipinski definition) is 4. The number of nitrogens with zero attached hydrogens (tertiary/aromatic N) is 2. The van der Waals surface area contributed by atoms with E-state index < -0.39 is 0 Å². The minimum absolute atomic E-state index is 0.733. The van der Waals surface area contributed by atoms with Gasteiger partial charge in [-0.05, 0) is 43.8 Å². The molecule has 3 nitrogen and oxygen atoms in total. The van der Waals surface area contributed by atoms with Crippen molar-refractivity contribution < 1.29 is 0 Å². The monoisotopic (exact) mass is 255 g/mol. The van der Waals surface area contributed by atoms with Crippen LogP contribution in [0.2, 0.25) is 0 Å². The van der Waals surface area contributed by atoms with Crippen LogP contribution < -0.4 is 4.90 Å². The van der Waals surface area contributed by atoms with E-state index in [0.29, 0.717) is 0 Å². The van der Waals surface area contributed by atoms with Crippen LogP contribution in [0.25, 0.3) is 0 Å². The maximum atomic E-state index is 5.12. The molecule has 2 aliphatic rings. The van der Waals surface area contributed by atoms with Gasteiger partial charge < -0.3 is 4.90 Å². The highest BCUT2D eigenvalue weighted by Crippen LogP contribution is 2.38. The molecule has 1 aromatic heterocycles. The van der Waals surface area contributed by atoms with Gasteiger partial charge in [0, 0.05) is 12.6 Å². The van der Waals surface area contributed by atoms with Gasteiger partial charge in [-0.25, -0.2) is 0 Å².